The Balaban J connectivity index is 1.64. The Morgan fingerprint density at radius 1 is 1.07 bits per heavy atom. The second-order valence-electron chi connectivity index (χ2n) is 9.64. The fourth-order valence-electron chi connectivity index (χ4n) is 4.52. The van der Waals surface area contributed by atoms with Gasteiger partial charge in [0.15, 0.2) is 0 Å². The van der Waals surface area contributed by atoms with E-state index < -0.39 is 0 Å². The largest absolute Gasteiger partial charge is 0.340 e. The van der Waals surface area contributed by atoms with Crippen molar-refractivity contribution in [1.82, 2.24) is 9.80 Å². The Morgan fingerprint density at radius 2 is 1.66 bits per heavy atom. The first-order valence-electron chi connectivity index (χ1n) is 10.8. The number of nitrogens with zero attached hydrogens (tertiary/aromatic N) is 2. The molecule has 1 atom stereocenters. The van der Waals surface area contributed by atoms with Gasteiger partial charge in [-0.2, -0.15) is 0 Å². The van der Waals surface area contributed by atoms with E-state index in [2.05, 4.69) is 31.0 Å². The molecule has 0 unspecified atom stereocenters. The van der Waals surface area contributed by atoms with Gasteiger partial charge in [0.25, 0.3) is 0 Å². The molecule has 1 aliphatic heterocycles. The van der Waals surface area contributed by atoms with Crippen LogP contribution in [0.3, 0.4) is 0 Å². The summed E-state index contributed by atoms with van der Waals surface area (Å²) in [5.74, 6) is 0.210. The van der Waals surface area contributed by atoms with E-state index in [1.165, 1.54) is 12.1 Å². The normalized spacial score (nSPS) is 19.9. The molecule has 3 rings (SSSR count). The zero-order valence-electron chi connectivity index (χ0n) is 17.9. The van der Waals surface area contributed by atoms with Gasteiger partial charge in [0, 0.05) is 38.3 Å². The van der Waals surface area contributed by atoms with Crippen LogP contribution in [0.4, 0.5) is 10.1 Å². The standard InChI is InChI=1S/C23H34FN3O2/c1-23(2,3)16-20(28)26-12-14-27(15-13-26)21(17-6-4-5-7-17)22(29)25-19-10-8-18(24)9-11-19/h8-11,17,21H,4-7,12-16H2,1-3H3,(H,25,29)/t21-/m1/s1. The van der Waals surface area contributed by atoms with Crippen LogP contribution in [0.25, 0.3) is 0 Å². The van der Waals surface area contributed by atoms with E-state index in [4.69, 9.17) is 0 Å². The first-order chi connectivity index (χ1) is 13.7. The van der Waals surface area contributed by atoms with Crippen molar-refractivity contribution >= 4 is 17.5 Å². The molecular formula is C23H34FN3O2. The van der Waals surface area contributed by atoms with Crippen LogP contribution in [-0.4, -0.2) is 53.8 Å². The quantitative estimate of drug-likeness (QED) is 0.811. The van der Waals surface area contributed by atoms with Crippen LogP contribution in [0, 0.1) is 17.2 Å². The molecule has 1 aromatic rings. The molecule has 1 N–H and O–H groups in total. The van der Waals surface area contributed by atoms with Gasteiger partial charge in [0.2, 0.25) is 11.8 Å². The molecule has 2 amide bonds. The molecule has 0 aromatic heterocycles. The fourth-order valence-corrected chi connectivity index (χ4v) is 4.52. The van der Waals surface area contributed by atoms with Crippen LogP contribution in [0.1, 0.15) is 52.9 Å². The lowest BCUT2D eigenvalue weighted by atomic mass is 9.91. The van der Waals surface area contributed by atoms with E-state index in [-0.39, 0.29) is 29.1 Å². The number of carbonyl (C=O) groups excluding carboxylic acids is 2. The highest BCUT2D eigenvalue weighted by Crippen LogP contribution is 2.32. The van der Waals surface area contributed by atoms with Crippen molar-refractivity contribution in [3.8, 4) is 0 Å². The highest BCUT2D eigenvalue weighted by molar-refractivity contribution is 5.95. The molecule has 1 aliphatic carbocycles. The highest BCUT2D eigenvalue weighted by atomic mass is 19.1. The van der Waals surface area contributed by atoms with E-state index in [0.29, 0.717) is 44.2 Å². The van der Waals surface area contributed by atoms with Crippen LogP contribution < -0.4 is 5.32 Å². The molecule has 29 heavy (non-hydrogen) atoms. The number of hydrogen-bond acceptors (Lipinski definition) is 3. The molecule has 1 heterocycles. The molecule has 0 radical (unpaired) electrons. The van der Waals surface area contributed by atoms with Crippen molar-refractivity contribution in [3.63, 3.8) is 0 Å². The van der Waals surface area contributed by atoms with E-state index in [0.717, 1.165) is 25.7 Å². The van der Waals surface area contributed by atoms with Crippen molar-refractivity contribution < 1.29 is 14.0 Å². The lowest BCUT2D eigenvalue weighted by molar-refractivity contribution is -0.136. The Morgan fingerprint density at radius 3 is 2.21 bits per heavy atom. The summed E-state index contributed by atoms with van der Waals surface area (Å²) in [5, 5.41) is 2.98. The molecule has 1 aromatic carbocycles. The van der Waals surface area contributed by atoms with Crippen molar-refractivity contribution in [2.75, 3.05) is 31.5 Å². The number of benzene rings is 1. The molecule has 1 saturated heterocycles. The van der Waals surface area contributed by atoms with Gasteiger partial charge in [-0.25, -0.2) is 4.39 Å². The lowest BCUT2D eigenvalue weighted by Gasteiger charge is -2.41. The molecule has 2 fully saturated rings. The Bertz CT molecular complexity index is 700. The topological polar surface area (TPSA) is 52.7 Å². The summed E-state index contributed by atoms with van der Waals surface area (Å²) in [7, 11) is 0. The van der Waals surface area contributed by atoms with E-state index in [1.807, 2.05) is 4.90 Å². The molecular weight excluding hydrogens is 369 g/mol. The number of halogens is 1. The van der Waals surface area contributed by atoms with Crippen molar-refractivity contribution in [2.45, 2.75) is 58.9 Å². The third-order valence-electron chi connectivity index (χ3n) is 5.97. The predicted octanol–water partition coefficient (Wildman–Crippen LogP) is 3.90. The minimum absolute atomic E-state index is 0.0158. The lowest BCUT2D eigenvalue weighted by Crippen LogP contribution is -2.57. The molecule has 0 spiro atoms. The number of carbonyl (C=O) groups is 2. The number of piperazine rings is 1. The number of rotatable bonds is 5. The second-order valence-corrected chi connectivity index (χ2v) is 9.64. The summed E-state index contributed by atoms with van der Waals surface area (Å²) < 4.78 is 13.2. The van der Waals surface area contributed by atoms with Gasteiger partial charge in [-0.15, -0.1) is 0 Å². The number of hydrogen-bond donors (Lipinski definition) is 1. The predicted molar refractivity (Wildman–Crippen MR) is 113 cm³/mol. The summed E-state index contributed by atoms with van der Waals surface area (Å²) in [6.07, 6.45) is 4.99. The molecule has 5 nitrogen and oxygen atoms in total. The summed E-state index contributed by atoms with van der Waals surface area (Å²) in [5.41, 5.74) is 0.605. The van der Waals surface area contributed by atoms with Crippen LogP contribution in [-0.2, 0) is 9.59 Å². The molecule has 1 saturated carbocycles. The summed E-state index contributed by atoms with van der Waals surface area (Å²) in [6, 6.07) is 5.73. The van der Waals surface area contributed by atoms with E-state index >= 15 is 0 Å². The third-order valence-corrected chi connectivity index (χ3v) is 5.97. The van der Waals surface area contributed by atoms with Gasteiger partial charge >= 0.3 is 0 Å². The summed E-state index contributed by atoms with van der Waals surface area (Å²) in [4.78, 5) is 29.9. The average molecular weight is 404 g/mol. The zero-order valence-corrected chi connectivity index (χ0v) is 17.9. The molecule has 0 bridgehead atoms. The van der Waals surface area contributed by atoms with Crippen molar-refractivity contribution in [2.24, 2.45) is 11.3 Å². The Hall–Kier alpha value is -1.95. The SMILES string of the molecule is CC(C)(C)CC(=O)N1CCN([C@@H](C(=O)Nc2ccc(F)cc2)C2CCCC2)CC1. The van der Waals surface area contributed by atoms with Crippen LogP contribution in [0.2, 0.25) is 0 Å². The minimum atomic E-state index is -0.314. The Kier molecular flexibility index (Phi) is 6.93. The van der Waals surface area contributed by atoms with Gasteiger partial charge in [-0.1, -0.05) is 33.6 Å². The van der Waals surface area contributed by atoms with Gasteiger partial charge in [-0.3, -0.25) is 14.5 Å². The first kappa shape index (κ1) is 21.8. The van der Waals surface area contributed by atoms with Gasteiger partial charge < -0.3 is 10.2 Å². The maximum absolute atomic E-state index is 13.2. The molecule has 2 aliphatic rings. The van der Waals surface area contributed by atoms with E-state index in [1.54, 1.807) is 12.1 Å². The highest BCUT2D eigenvalue weighted by Gasteiger charge is 2.37. The molecule has 160 valence electrons. The number of amides is 2. The monoisotopic (exact) mass is 403 g/mol. The van der Waals surface area contributed by atoms with Gasteiger partial charge in [0.1, 0.15) is 5.82 Å². The maximum Gasteiger partial charge on any atom is 0.242 e. The summed E-state index contributed by atoms with van der Waals surface area (Å²) >= 11 is 0. The number of nitrogens with one attached hydrogen (secondary N) is 1. The summed E-state index contributed by atoms with van der Waals surface area (Å²) in [6.45, 7) is 9.01. The number of anilines is 1. The molecule has 6 heteroatoms. The van der Waals surface area contributed by atoms with Crippen LogP contribution in [0.15, 0.2) is 24.3 Å². The van der Waals surface area contributed by atoms with Crippen molar-refractivity contribution in [1.29, 1.82) is 0 Å². The smallest absolute Gasteiger partial charge is 0.242 e. The van der Waals surface area contributed by atoms with E-state index in [9.17, 15) is 14.0 Å². The minimum Gasteiger partial charge on any atom is -0.340 e. The maximum atomic E-state index is 13.2. The Labute approximate surface area is 173 Å². The van der Waals surface area contributed by atoms with Crippen molar-refractivity contribution in [3.05, 3.63) is 30.1 Å². The zero-order chi connectivity index (χ0) is 21.0. The van der Waals surface area contributed by atoms with Crippen LogP contribution >= 0.6 is 0 Å². The fraction of sp³-hybridized carbons (Fsp3) is 0.652. The second kappa shape index (κ2) is 9.24. The first-order valence-corrected chi connectivity index (χ1v) is 10.8. The third kappa shape index (κ3) is 6.01. The van der Waals surface area contributed by atoms with Gasteiger partial charge in [0.05, 0.1) is 6.04 Å². The van der Waals surface area contributed by atoms with Gasteiger partial charge in [-0.05, 0) is 48.4 Å². The average Bonchev–Trinajstić information content (AvgIpc) is 3.17. The van der Waals surface area contributed by atoms with Crippen LogP contribution in [0.5, 0.6) is 0 Å².